The number of anilines is 1. The van der Waals surface area contributed by atoms with Gasteiger partial charge in [-0.15, -0.1) is 10.2 Å². The lowest BCUT2D eigenvalue weighted by Gasteiger charge is -2.17. The van der Waals surface area contributed by atoms with Crippen LogP contribution in [0.15, 0.2) is 82.8 Å². The summed E-state index contributed by atoms with van der Waals surface area (Å²) < 4.78 is 35.9. The van der Waals surface area contributed by atoms with Crippen molar-refractivity contribution in [2.75, 3.05) is 5.73 Å². The van der Waals surface area contributed by atoms with Crippen LogP contribution >= 0.6 is 11.8 Å². The van der Waals surface area contributed by atoms with Gasteiger partial charge in [0.1, 0.15) is 6.20 Å². The van der Waals surface area contributed by atoms with Crippen LogP contribution in [0, 0.1) is 10.2 Å². The Labute approximate surface area is 150 Å². The highest BCUT2D eigenvalue weighted by Crippen LogP contribution is 2.25. The van der Waals surface area contributed by atoms with Gasteiger partial charge in [0.25, 0.3) is 5.03 Å². The quantitative estimate of drug-likeness (QED) is 0.538. The van der Waals surface area contributed by atoms with Gasteiger partial charge in [-0.25, -0.2) is 18.6 Å². The molecule has 0 amide bonds. The van der Waals surface area contributed by atoms with E-state index < -0.39 is 10.2 Å². The molecule has 2 N–H and O–H groups in total. The topological polar surface area (TPSA) is 135 Å². The van der Waals surface area contributed by atoms with Gasteiger partial charge in [0, 0.05) is 28.2 Å². The molecular weight excluding hydrogens is 366 g/mol. The number of halogens is 1. The number of benzene rings is 2. The lowest BCUT2D eigenvalue weighted by molar-refractivity contribution is -2.00. The SMILES string of the molecule is Nc1cn[n+](-c2ccccc2)c(Sc2ccccc2)c1.[O-][Cl+3]([O-])([O-])[O-]. The molecule has 0 saturated carbocycles. The van der Waals surface area contributed by atoms with E-state index in [1.54, 1.807) is 18.0 Å². The molecule has 0 atom stereocenters. The fourth-order valence-electron chi connectivity index (χ4n) is 1.87. The van der Waals surface area contributed by atoms with Gasteiger partial charge in [0.15, 0.2) is 0 Å². The number of hydrogen-bond acceptors (Lipinski definition) is 7. The first kappa shape index (κ1) is 19.1. The van der Waals surface area contributed by atoms with Gasteiger partial charge in [-0.3, -0.25) is 0 Å². The zero-order chi connectivity index (χ0) is 18.3. The summed E-state index contributed by atoms with van der Waals surface area (Å²) in [6, 6.07) is 22.2. The van der Waals surface area contributed by atoms with E-state index in [9.17, 15) is 0 Å². The molecule has 9 heteroatoms. The summed E-state index contributed by atoms with van der Waals surface area (Å²) in [5.74, 6) is 0. The van der Waals surface area contributed by atoms with Crippen molar-refractivity contribution in [1.82, 2.24) is 5.10 Å². The van der Waals surface area contributed by atoms with Gasteiger partial charge in [-0.05, 0) is 28.6 Å². The molecule has 0 aliphatic carbocycles. The lowest BCUT2D eigenvalue weighted by Crippen LogP contribution is -2.68. The molecule has 2 aromatic carbocycles. The van der Waals surface area contributed by atoms with Crippen LogP contribution in [0.5, 0.6) is 0 Å². The summed E-state index contributed by atoms with van der Waals surface area (Å²) in [4.78, 5) is 1.16. The molecule has 0 spiro atoms. The minimum atomic E-state index is -4.94. The second-order valence-corrected chi connectivity index (χ2v) is 6.52. The van der Waals surface area contributed by atoms with E-state index >= 15 is 0 Å². The first-order valence-corrected chi connectivity index (χ1v) is 8.96. The minimum Gasteiger partial charge on any atom is -0.397 e. The molecule has 1 aromatic heterocycles. The zero-order valence-electron chi connectivity index (χ0n) is 12.8. The van der Waals surface area contributed by atoms with Crippen LogP contribution in [0.25, 0.3) is 5.69 Å². The second-order valence-electron chi connectivity index (χ2n) is 4.67. The van der Waals surface area contributed by atoms with Crippen LogP contribution in [0.2, 0.25) is 0 Å². The van der Waals surface area contributed by atoms with Crippen molar-refractivity contribution in [2.45, 2.75) is 9.92 Å². The van der Waals surface area contributed by atoms with E-state index in [1.165, 1.54) is 0 Å². The number of nitrogens with two attached hydrogens (primary N) is 1. The van der Waals surface area contributed by atoms with Crippen LogP contribution in [-0.4, -0.2) is 5.10 Å². The fraction of sp³-hybridized carbons (Fsp3) is 0. The predicted molar refractivity (Wildman–Crippen MR) is 80.7 cm³/mol. The third-order valence-corrected chi connectivity index (χ3v) is 3.80. The van der Waals surface area contributed by atoms with E-state index in [0.717, 1.165) is 15.6 Å². The second kappa shape index (κ2) is 8.77. The highest BCUT2D eigenvalue weighted by molar-refractivity contribution is 7.99. The molecule has 0 radical (unpaired) electrons. The highest BCUT2D eigenvalue weighted by atomic mass is 35.7. The molecule has 1 heterocycles. The van der Waals surface area contributed by atoms with Crippen LogP contribution < -0.4 is 29.1 Å². The maximum atomic E-state index is 8.49. The zero-order valence-corrected chi connectivity index (χ0v) is 14.4. The van der Waals surface area contributed by atoms with Crippen molar-refractivity contribution in [3.63, 3.8) is 0 Å². The van der Waals surface area contributed by atoms with E-state index in [0.29, 0.717) is 5.69 Å². The molecule has 0 bridgehead atoms. The van der Waals surface area contributed by atoms with Gasteiger partial charge >= 0.3 is 0 Å². The molecule has 0 fully saturated rings. The van der Waals surface area contributed by atoms with Crippen molar-refractivity contribution < 1.29 is 33.6 Å². The molecule has 3 aromatic rings. The minimum absolute atomic E-state index is 0.663. The Hall–Kier alpha value is -2.20. The standard InChI is InChI=1S/C16H13N3S.ClHO4/c17-13-11-16(20-15-9-5-2-6-10-15)19(18-12-13)14-7-3-1-4-8-14;2-1(3,4)5/h1-12,17H;(H,2,3,4,5). The Morgan fingerprint density at radius 1 is 0.880 bits per heavy atom. The Morgan fingerprint density at radius 2 is 1.40 bits per heavy atom. The van der Waals surface area contributed by atoms with Crippen molar-refractivity contribution in [1.29, 1.82) is 0 Å². The number of hydrogen-bond donors (Lipinski definition) is 1. The molecule has 3 rings (SSSR count). The van der Waals surface area contributed by atoms with Gasteiger partial charge < -0.3 is 5.73 Å². The summed E-state index contributed by atoms with van der Waals surface area (Å²) in [5, 5.41) is 5.40. The van der Waals surface area contributed by atoms with E-state index in [-0.39, 0.29) is 0 Å². The molecule has 130 valence electrons. The van der Waals surface area contributed by atoms with Crippen molar-refractivity contribution >= 4 is 17.4 Å². The van der Waals surface area contributed by atoms with Crippen LogP contribution in [0.3, 0.4) is 0 Å². The molecule has 7 nitrogen and oxygen atoms in total. The fourth-order valence-corrected chi connectivity index (χ4v) is 2.84. The summed E-state index contributed by atoms with van der Waals surface area (Å²) in [6.45, 7) is 0. The van der Waals surface area contributed by atoms with Gasteiger partial charge in [-0.2, -0.15) is 0 Å². The van der Waals surface area contributed by atoms with E-state index in [2.05, 4.69) is 17.2 Å². The van der Waals surface area contributed by atoms with Crippen LogP contribution in [0.4, 0.5) is 5.69 Å². The number of rotatable bonds is 3. The Morgan fingerprint density at radius 3 is 1.96 bits per heavy atom. The largest absolute Gasteiger partial charge is 0.397 e. The summed E-state index contributed by atoms with van der Waals surface area (Å²) in [5.41, 5.74) is 7.55. The Bertz CT molecular complexity index is 795. The average Bonchev–Trinajstić information content (AvgIpc) is 2.55. The van der Waals surface area contributed by atoms with Gasteiger partial charge in [0.05, 0.1) is 5.69 Å². The molecule has 25 heavy (non-hydrogen) atoms. The number of para-hydroxylation sites is 1. The number of aromatic nitrogens is 2. The molecule has 0 aliphatic rings. The van der Waals surface area contributed by atoms with Crippen molar-refractivity contribution in [3.05, 3.63) is 72.9 Å². The maximum absolute atomic E-state index is 8.49. The highest BCUT2D eigenvalue weighted by Gasteiger charge is 2.17. The van der Waals surface area contributed by atoms with Gasteiger partial charge in [0.2, 0.25) is 5.69 Å². The summed E-state index contributed by atoms with van der Waals surface area (Å²) in [7, 11) is -4.94. The van der Waals surface area contributed by atoms with E-state index in [1.807, 2.05) is 59.3 Å². The Balaban J connectivity index is 0.000000399. The summed E-state index contributed by atoms with van der Waals surface area (Å²) >= 11 is 1.64. The predicted octanol–water partition coefficient (Wildman–Crippen LogP) is -1.66. The number of nitrogens with zero attached hydrogens (tertiary/aromatic N) is 2. The Kier molecular flexibility index (Phi) is 6.71. The lowest BCUT2D eigenvalue weighted by atomic mass is 10.3. The maximum Gasteiger partial charge on any atom is 0.279 e. The van der Waals surface area contributed by atoms with Crippen LogP contribution in [-0.2, 0) is 0 Å². The molecule has 0 unspecified atom stereocenters. The first-order chi connectivity index (χ1) is 11.8. The monoisotopic (exact) mass is 379 g/mol. The molecular formula is C16H14ClN3O4S. The molecule has 0 aliphatic heterocycles. The third kappa shape index (κ3) is 7.06. The average molecular weight is 380 g/mol. The van der Waals surface area contributed by atoms with Gasteiger partial charge in [-0.1, -0.05) is 36.4 Å². The number of nitrogen functional groups attached to an aromatic ring is 1. The van der Waals surface area contributed by atoms with Crippen molar-refractivity contribution in [2.24, 2.45) is 0 Å². The smallest absolute Gasteiger partial charge is 0.279 e. The third-order valence-electron chi connectivity index (χ3n) is 2.79. The van der Waals surface area contributed by atoms with E-state index in [4.69, 9.17) is 24.4 Å². The van der Waals surface area contributed by atoms with Crippen molar-refractivity contribution in [3.8, 4) is 5.69 Å². The first-order valence-electron chi connectivity index (χ1n) is 6.91. The van der Waals surface area contributed by atoms with Crippen LogP contribution in [0.1, 0.15) is 0 Å². The normalized spacial score (nSPS) is 10.7. The molecule has 0 saturated heterocycles. The summed E-state index contributed by atoms with van der Waals surface area (Å²) in [6.07, 6.45) is 1.67.